The predicted molar refractivity (Wildman–Crippen MR) is 89.7 cm³/mol. The van der Waals surface area contributed by atoms with Gasteiger partial charge in [0.15, 0.2) is 5.78 Å². The molecule has 4 heteroatoms. The van der Waals surface area contributed by atoms with Gasteiger partial charge in [0, 0.05) is 21.0 Å². The second kappa shape index (κ2) is 6.33. The van der Waals surface area contributed by atoms with E-state index in [0.29, 0.717) is 6.42 Å². The summed E-state index contributed by atoms with van der Waals surface area (Å²) in [5, 5.41) is 2.90. The third kappa shape index (κ3) is 3.46. The monoisotopic (exact) mass is 357 g/mol. The molecule has 3 rings (SSSR count). The average Bonchev–Trinajstić information content (AvgIpc) is 2.97. The summed E-state index contributed by atoms with van der Waals surface area (Å²) in [5.41, 5.74) is 2.63. The van der Waals surface area contributed by atoms with Gasteiger partial charge in [-0.2, -0.15) is 0 Å². The van der Waals surface area contributed by atoms with Crippen LogP contribution in [-0.4, -0.2) is 10.8 Å². The van der Waals surface area contributed by atoms with Gasteiger partial charge in [0.2, 0.25) is 0 Å². The number of carbonyl (C=O) groups is 1. The molecule has 0 fully saturated rings. The molecular weight excluding hydrogens is 346 g/mol. The summed E-state index contributed by atoms with van der Waals surface area (Å²) in [6, 6.07) is 17.4. The summed E-state index contributed by atoms with van der Waals surface area (Å²) in [6.07, 6.45) is 0.344. The number of ketones is 1. The number of rotatable bonds is 4. The molecule has 1 heterocycles. The number of aromatic nitrogens is 1. The molecular formula is C17H12BrNOS. The van der Waals surface area contributed by atoms with Crippen LogP contribution in [0.15, 0.2) is 64.5 Å². The minimum absolute atomic E-state index is 0.100. The lowest BCUT2D eigenvalue weighted by Gasteiger charge is -1.98. The number of nitrogens with zero attached hydrogens (tertiary/aromatic N) is 1. The maximum absolute atomic E-state index is 12.2. The number of carbonyl (C=O) groups excluding carboxylic acids is 1. The van der Waals surface area contributed by atoms with Crippen LogP contribution in [0, 0.1) is 0 Å². The fourth-order valence-electron chi connectivity index (χ4n) is 2.00. The van der Waals surface area contributed by atoms with Crippen LogP contribution in [0.25, 0.3) is 10.6 Å². The third-order valence-corrected chi connectivity index (χ3v) is 4.55. The van der Waals surface area contributed by atoms with Gasteiger partial charge >= 0.3 is 0 Å². The van der Waals surface area contributed by atoms with Gasteiger partial charge in [0.25, 0.3) is 0 Å². The van der Waals surface area contributed by atoms with E-state index in [4.69, 9.17) is 0 Å². The molecule has 0 bridgehead atoms. The number of benzene rings is 2. The van der Waals surface area contributed by atoms with Gasteiger partial charge in [-0.05, 0) is 12.1 Å². The summed E-state index contributed by atoms with van der Waals surface area (Å²) >= 11 is 4.99. The summed E-state index contributed by atoms with van der Waals surface area (Å²) in [7, 11) is 0. The van der Waals surface area contributed by atoms with Gasteiger partial charge in [-0.3, -0.25) is 4.79 Å². The van der Waals surface area contributed by atoms with Crippen LogP contribution >= 0.6 is 27.3 Å². The molecule has 2 nitrogen and oxygen atoms in total. The number of hydrogen-bond acceptors (Lipinski definition) is 3. The molecule has 0 atom stereocenters. The van der Waals surface area contributed by atoms with Gasteiger partial charge in [0.1, 0.15) is 5.01 Å². The Balaban J connectivity index is 1.76. The Morgan fingerprint density at radius 3 is 2.48 bits per heavy atom. The number of hydrogen-bond donors (Lipinski definition) is 0. The van der Waals surface area contributed by atoms with Gasteiger partial charge in [-0.1, -0.05) is 58.4 Å². The molecule has 0 spiro atoms. The smallest absolute Gasteiger partial charge is 0.168 e. The molecule has 0 saturated heterocycles. The van der Waals surface area contributed by atoms with E-state index < -0.39 is 0 Å². The zero-order valence-corrected chi connectivity index (χ0v) is 13.5. The van der Waals surface area contributed by atoms with E-state index in [0.717, 1.165) is 26.3 Å². The van der Waals surface area contributed by atoms with Crippen molar-refractivity contribution < 1.29 is 4.79 Å². The van der Waals surface area contributed by atoms with Crippen LogP contribution in [-0.2, 0) is 6.42 Å². The minimum atomic E-state index is 0.100. The molecule has 3 aromatic rings. The summed E-state index contributed by atoms with van der Waals surface area (Å²) in [4.78, 5) is 16.7. The molecule has 0 aliphatic heterocycles. The van der Waals surface area contributed by atoms with Gasteiger partial charge in [-0.15, -0.1) is 11.3 Å². The fraction of sp³-hybridized carbons (Fsp3) is 0.0588. The largest absolute Gasteiger partial charge is 0.294 e. The first kappa shape index (κ1) is 14.2. The van der Waals surface area contributed by atoms with Crippen molar-refractivity contribution in [3.63, 3.8) is 0 Å². The highest BCUT2D eigenvalue weighted by Crippen LogP contribution is 2.25. The number of thiazole rings is 1. The van der Waals surface area contributed by atoms with Crippen LogP contribution in [0.4, 0.5) is 0 Å². The maximum Gasteiger partial charge on any atom is 0.168 e. The molecule has 0 unspecified atom stereocenters. The maximum atomic E-state index is 12.2. The lowest BCUT2D eigenvalue weighted by molar-refractivity contribution is 0.0992. The van der Waals surface area contributed by atoms with Crippen molar-refractivity contribution in [2.24, 2.45) is 0 Å². The standard InChI is InChI=1S/C17H12BrNOS/c18-14-8-6-13(7-9-14)17-19-15(11-21-17)10-16(20)12-4-2-1-3-5-12/h1-9,11H,10H2. The molecule has 0 amide bonds. The molecule has 0 saturated carbocycles. The summed E-state index contributed by atoms with van der Waals surface area (Å²) in [6.45, 7) is 0. The molecule has 0 aliphatic carbocycles. The molecule has 104 valence electrons. The second-order valence-electron chi connectivity index (χ2n) is 4.62. The Bertz CT molecular complexity index is 750. The van der Waals surface area contributed by atoms with Crippen molar-refractivity contribution in [3.8, 4) is 10.6 Å². The second-order valence-corrected chi connectivity index (χ2v) is 6.39. The Kier molecular flexibility index (Phi) is 4.27. The highest BCUT2D eigenvalue weighted by Gasteiger charge is 2.10. The first-order valence-electron chi connectivity index (χ1n) is 6.51. The third-order valence-electron chi connectivity index (χ3n) is 3.08. The molecule has 0 aliphatic rings. The summed E-state index contributed by atoms with van der Waals surface area (Å²) in [5.74, 6) is 0.100. The normalized spacial score (nSPS) is 10.5. The zero-order valence-electron chi connectivity index (χ0n) is 11.1. The van der Waals surface area contributed by atoms with E-state index in [2.05, 4.69) is 20.9 Å². The van der Waals surface area contributed by atoms with E-state index in [1.165, 1.54) is 0 Å². The predicted octanol–water partition coefficient (Wildman–Crippen LogP) is 5.00. The highest BCUT2D eigenvalue weighted by molar-refractivity contribution is 9.10. The van der Waals surface area contributed by atoms with Crippen LogP contribution in [0.1, 0.15) is 16.1 Å². The van der Waals surface area contributed by atoms with Crippen molar-refractivity contribution in [1.29, 1.82) is 0 Å². The topological polar surface area (TPSA) is 30.0 Å². The van der Waals surface area contributed by atoms with Gasteiger partial charge in [0.05, 0.1) is 12.1 Å². The molecule has 2 aromatic carbocycles. The molecule has 0 radical (unpaired) electrons. The number of Topliss-reactive ketones (excluding diaryl/α,β-unsaturated/α-hetero) is 1. The molecule has 1 aromatic heterocycles. The average molecular weight is 358 g/mol. The van der Waals surface area contributed by atoms with E-state index in [-0.39, 0.29) is 5.78 Å². The van der Waals surface area contributed by atoms with E-state index in [1.807, 2.05) is 60.0 Å². The quantitative estimate of drug-likeness (QED) is 0.615. The number of halogens is 1. The van der Waals surface area contributed by atoms with Crippen LogP contribution in [0.5, 0.6) is 0 Å². The van der Waals surface area contributed by atoms with Crippen molar-refractivity contribution in [1.82, 2.24) is 4.98 Å². The Hall–Kier alpha value is -1.78. The van der Waals surface area contributed by atoms with E-state index in [9.17, 15) is 4.79 Å². The fourth-order valence-corrected chi connectivity index (χ4v) is 3.09. The summed E-state index contributed by atoms with van der Waals surface area (Å²) < 4.78 is 1.04. The SMILES string of the molecule is O=C(Cc1csc(-c2ccc(Br)cc2)n1)c1ccccc1. The first-order valence-corrected chi connectivity index (χ1v) is 8.18. The Labute approximate surface area is 135 Å². The highest BCUT2D eigenvalue weighted by atomic mass is 79.9. The lowest BCUT2D eigenvalue weighted by atomic mass is 10.1. The van der Waals surface area contributed by atoms with Crippen molar-refractivity contribution in [2.75, 3.05) is 0 Å². The van der Waals surface area contributed by atoms with Crippen LogP contribution in [0.3, 0.4) is 0 Å². The van der Waals surface area contributed by atoms with Crippen LogP contribution in [0.2, 0.25) is 0 Å². The van der Waals surface area contributed by atoms with Crippen molar-refractivity contribution in [2.45, 2.75) is 6.42 Å². The van der Waals surface area contributed by atoms with Crippen LogP contribution < -0.4 is 0 Å². The lowest BCUT2D eigenvalue weighted by Crippen LogP contribution is -2.03. The molecule has 21 heavy (non-hydrogen) atoms. The Morgan fingerprint density at radius 2 is 1.76 bits per heavy atom. The van der Waals surface area contributed by atoms with E-state index in [1.54, 1.807) is 11.3 Å². The van der Waals surface area contributed by atoms with Crippen molar-refractivity contribution >= 4 is 33.0 Å². The van der Waals surface area contributed by atoms with E-state index >= 15 is 0 Å². The molecule has 0 N–H and O–H groups in total. The first-order chi connectivity index (χ1) is 10.2. The zero-order chi connectivity index (χ0) is 14.7. The minimum Gasteiger partial charge on any atom is -0.294 e. The van der Waals surface area contributed by atoms with Gasteiger partial charge in [-0.25, -0.2) is 4.98 Å². The van der Waals surface area contributed by atoms with Gasteiger partial charge < -0.3 is 0 Å². The van der Waals surface area contributed by atoms with Crippen molar-refractivity contribution in [3.05, 3.63) is 75.7 Å². The Morgan fingerprint density at radius 1 is 1.05 bits per heavy atom.